The Morgan fingerprint density at radius 3 is 1.95 bits per heavy atom. The smallest absolute Gasteiger partial charge is 0.414 e. The molecule has 0 radical (unpaired) electrons. The second-order valence-electron chi connectivity index (χ2n) is 4.82. The number of hydrogen-bond acceptors (Lipinski definition) is 4. The van der Waals surface area contributed by atoms with Crippen LogP contribution in [0.25, 0.3) is 0 Å². The molecule has 1 saturated heterocycles. The van der Waals surface area contributed by atoms with Crippen molar-refractivity contribution in [1.29, 1.82) is 0 Å². The Hall–Kier alpha value is -1.63. The monoisotopic (exact) mass is 314 g/mol. The molecule has 0 aromatic heterocycles. The Morgan fingerprint density at radius 1 is 1.05 bits per heavy atom. The van der Waals surface area contributed by atoms with Crippen LogP contribution in [0.2, 0.25) is 5.02 Å². The maximum atomic E-state index is 9.10. The Labute approximate surface area is 128 Å². The van der Waals surface area contributed by atoms with E-state index in [-0.39, 0.29) is 0 Å². The van der Waals surface area contributed by atoms with Crippen LogP contribution < -0.4 is 0 Å². The Morgan fingerprint density at radius 2 is 1.52 bits per heavy atom. The summed E-state index contributed by atoms with van der Waals surface area (Å²) in [6.07, 6.45) is 0. The fourth-order valence-electron chi connectivity index (χ4n) is 1.85. The molecule has 0 bridgehead atoms. The summed E-state index contributed by atoms with van der Waals surface area (Å²) in [6.45, 7) is 5.73. The van der Waals surface area contributed by atoms with Crippen molar-refractivity contribution in [3.05, 3.63) is 34.9 Å². The molecule has 7 heteroatoms. The average Bonchev–Trinajstić information content (AvgIpc) is 2.44. The van der Waals surface area contributed by atoms with Gasteiger partial charge in [-0.05, 0) is 24.7 Å². The predicted molar refractivity (Wildman–Crippen MR) is 79.5 cm³/mol. The van der Waals surface area contributed by atoms with Crippen LogP contribution in [0, 0.1) is 0 Å². The number of benzene rings is 1. The molecule has 1 fully saturated rings. The van der Waals surface area contributed by atoms with E-state index in [9.17, 15) is 0 Å². The van der Waals surface area contributed by atoms with E-state index >= 15 is 0 Å². The zero-order chi connectivity index (χ0) is 15.8. The van der Waals surface area contributed by atoms with Gasteiger partial charge in [0.15, 0.2) is 0 Å². The number of carboxylic acids is 2. The number of aliphatic carboxylic acids is 2. The Balaban J connectivity index is 0.000000315. The minimum absolute atomic E-state index is 0.817. The van der Waals surface area contributed by atoms with Crippen LogP contribution >= 0.6 is 11.6 Å². The van der Waals surface area contributed by atoms with Crippen molar-refractivity contribution in [1.82, 2.24) is 9.80 Å². The SMILES string of the molecule is CN1CCN(Cc2ccc(Cl)cc2)CC1.O=C(O)C(=O)O. The third kappa shape index (κ3) is 7.08. The molecule has 0 saturated carbocycles. The quantitative estimate of drug-likeness (QED) is 0.800. The van der Waals surface area contributed by atoms with Crippen molar-refractivity contribution in [3.8, 4) is 0 Å². The number of likely N-dealkylation sites (N-methyl/N-ethyl adjacent to an activating group) is 1. The normalized spacial score (nSPS) is 15.9. The van der Waals surface area contributed by atoms with Crippen molar-refractivity contribution >= 4 is 23.5 Å². The molecule has 0 atom stereocenters. The highest BCUT2D eigenvalue weighted by Gasteiger charge is 2.13. The molecular formula is C14H19ClN2O4. The van der Waals surface area contributed by atoms with Crippen LogP contribution in [0.3, 0.4) is 0 Å². The van der Waals surface area contributed by atoms with Crippen molar-refractivity contribution in [3.63, 3.8) is 0 Å². The molecule has 1 heterocycles. The standard InChI is InChI=1S/C12H17ClN2.C2H2O4/c1-14-6-8-15(9-7-14)10-11-2-4-12(13)5-3-11;3-1(4)2(5)6/h2-5H,6-10H2,1H3;(H,3,4)(H,5,6). The van der Waals surface area contributed by atoms with Crippen LogP contribution in [0.15, 0.2) is 24.3 Å². The van der Waals surface area contributed by atoms with Crippen LogP contribution in [0.5, 0.6) is 0 Å². The Bertz CT molecular complexity index is 458. The highest BCUT2D eigenvalue weighted by Crippen LogP contribution is 2.12. The first-order valence-electron chi connectivity index (χ1n) is 6.50. The molecule has 1 aliphatic heterocycles. The van der Waals surface area contributed by atoms with Gasteiger partial charge < -0.3 is 15.1 Å². The highest BCUT2D eigenvalue weighted by molar-refractivity contribution is 6.30. The summed E-state index contributed by atoms with van der Waals surface area (Å²) in [5.74, 6) is -3.65. The summed E-state index contributed by atoms with van der Waals surface area (Å²) in [5.41, 5.74) is 1.35. The Kier molecular flexibility index (Phi) is 7.14. The van der Waals surface area contributed by atoms with Gasteiger partial charge in [-0.3, -0.25) is 4.90 Å². The van der Waals surface area contributed by atoms with E-state index in [1.165, 1.54) is 31.7 Å². The first-order valence-corrected chi connectivity index (χ1v) is 6.88. The van der Waals surface area contributed by atoms with E-state index in [0.29, 0.717) is 0 Å². The van der Waals surface area contributed by atoms with Gasteiger partial charge in [-0.2, -0.15) is 0 Å². The number of piperazine rings is 1. The molecule has 0 aliphatic carbocycles. The molecule has 1 aliphatic rings. The maximum absolute atomic E-state index is 9.10. The van der Waals surface area contributed by atoms with Gasteiger partial charge in [0.25, 0.3) is 0 Å². The molecule has 1 aromatic rings. The number of carboxylic acid groups (broad SMARTS) is 2. The number of halogens is 1. The summed E-state index contributed by atoms with van der Waals surface area (Å²) in [6, 6.07) is 8.15. The van der Waals surface area contributed by atoms with Gasteiger partial charge in [-0.25, -0.2) is 9.59 Å². The molecule has 2 rings (SSSR count). The van der Waals surface area contributed by atoms with Gasteiger partial charge in [0.1, 0.15) is 0 Å². The third-order valence-electron chi connectivity index (χ3n) is 3.10. The lowest BCUT2D eigenvalue weighted by atomic mass is 10.2. The summed E-state index contributed by atoms with van der Waals surface area (Å²) in [7, 11) is 2.18. The van der Waals surface area contributed by atoms with Crippen LogP contribution in [0.4, 0.5) is 0 Å². The van der Waals surface area contributed by atoms with Crippen LogP contribution in [-0.2, 0) is 16.1 Å². The average molecular weight is 315 g/mol. The maximum Gasteiger partial charge on any atom is 0.414 e. The third-order valence-corrected chi connectivity index (χ3v) is 3.35. The lowest BCUT2D eigenvalue weighted by Gasteiger charge is -2.32. The van der Waals surface area contributed by atoms with E-state index in [1.807, 2.05) is 12.1 Å². The molecule has 0 spiro atoms. The fourth-order valence-corrected chi connectivity index (χ4v) is 1.98. The zero-order valence-corrected chi connectivity index (χ0v) is 12.6. The summed E-state index contributed by atoms with van der Waals surface area (Å²) < 4.78 is 0. The number of carbonyl (C=O) groups is 2. The van der Waals surface area contributed by atoms with Crippen LogP contribution in [-0.4, -0.2) is 65.2 Å². The van der Waals surface area contributed by atoms with Gasteiger partial charge in [0.2, 0.25) is 0 Å². The number of rotatable bonds is 2. The van der Waals surface area contributed by atoms with Gasteiger partial charge in [0.05, 0.1) is 0 Å². The van der Waals surface area contributed by atoms with Gasteiger partial charge in [0, 0.05) is 37.7 Å². The first-order chi connectivity index (χ1) is 9.88. The predicted octanol–water partition coefficient (Wildman–Crippen LogP) is 1.24. The number of nitrogens with zero attached hydrogens (tertiary/aromatic N) is 2. The second kappa shape index (κ2) is 8.61. The van der Waals surface area contributed by atoms with Crippen molar-refractivity contribution in [2.75, 3.05) is 33.2 Å². The topological polar surface area (TPSA) is 81.1 Å². The van der Waals surface area contributed by atoms with Crippen molar-refractivity contribution in [2.45, 2.75) is 6.54 Å². The second-order valence-corrected chi connectivity index (χ2v) is 5.25. The van der Waals surface area contributed by atoms with Crippen LogP contribution in [0.1, 0.15) is 5.56 Å². The van der Waals surface area contributed by atoms with E-state index in [4.69, 9.17) is 31.4 Å². The van der Waals surface area contributed by atoms with E-state index in [1.54, 1.807) is 0 Å². The molecule has 116 valence electrons. The molecule has 0 amide bonds. The fraction of sp³-hybridized carbons (Fsp3) is 0.429. The highest BCUT2D eigenvalue weighted by atomic mass is 35.5. The zero-order valence-electron chi connectivity index (χ0n) is 11.8. The molecule has 2 N–H and O–H groups in total. The molecule has 0 unspecified atom stereocenters. The van der Waals surface area contributed by atoms with Gasteiger partial charge >= 0.3 is 11.9 Å². The minimum Gasteiger partial charge on any atom is -0.473 e. The summed E-state index contributed by atoms with van der Waals surface area (Å²) in [4.78, 5) is 23.1. The summed E-state index contributed by atoms with van der Waals surface area (Å²) >= 11 is 5.85. The van der Waals surface area contributed by atoms with Crippen molar-refractivity contribution in [2.24, 2.45) is 0 Å². The first kappa shape index (κ1) is 17.4. The molecule has 21 heavy (non-hydrogen) atoms. The molecule has 1 aromatic carbocycles. The van der Waals surface area contributed by atoms with Gasteiger partial charge in [-0.15, -0.1) is 0 Å². The van der Waals surface area contributed by atoms with E-state index in [0.717, 1.165) is 11.6 Å². The van der Waals surface area contributed by atoms with E-state index < -0.39 is 11.9 Å². The molecule has 6 nitrogen and oxygen atoms in total. The van der Waals surface area contributed by atoms with E-state index in [2.05, 4.69) is 29.0 Å². The number of hydrogen-bond donors (Lipinski definition) is 2. The minimum atomic E-state index is -1.82. The van der Waals surface area contributed by atoms with Gasteiger partial charge in [-0.1, -0.05) is 23.7 Å². The summed E-state index contributed by atoms with van der Waals surface area (Å²) in [5, 5.41) is 15.6. The largest absolute Gasteiger partial charge is 0.473 e. The lowest BCUT2D eigenvalue weighted by Crippen LogP contribution is -2.43. The van der Waals surface area contributed by atoms with Crippen molar-refractivity contribution < 1.29 is 19.8 Å². The molecular weight excluding hydrogens is 296 g/mol. The lowest BCUT2D eigenvalue weighted by molar-refractivity contribution is -0.159.